The van der Waals surface area contributed by atoms with Crippen LogP contribution in [0.25, 0.3) is 0 Å². The zero-order valence-electron chi connectivity index (χ0n) is 12.0. The van der Waals surface area contributed by atoms with Crippen LogP contribution in [0.5, 0.6) is 0 Å². The summed E-state index contributed by atoms with van der Waals surface area (Å²) in [5.41, 5.74) is -0.783. The van der Waals surface area contributed by atoms with Crippen LogP contribution in [-0.2, 0) is 11.0 Å². The number of alkyl halides is 3. The molecule has 0 aliphatic rings. The Hall–Kier alpha value is -1.99. The summed E-state index contributed by atoms with van der Waals surface area (Å²) in [5, 5.41) is 8.09. The molecule has 5 nitrogen and oxygen atoms in total. The number of nitrogens with zero attached hydrogens (tertiary/aromatic N) is 1. The first-order valence-electron chi connectivity index (χ1n) is 6.70. The fourth-order valence-corrected chi connectivity index (χ4v) is 1.65. The first-order valence-corrected chi connectivity index (χ1v) is 6.70. The minimum absolute atomic E-state index is 0.0880. The van der Waals surface area contributed by atoms with Gasteiger partial charge in [0.1, 0.15) is 11.6 Å². The summed E-state index contributed by atoms with van der Waals surface area (Å²) >= 11 is 0. The van der Waals surface area contributed by atoms with Gasteiger partial charge in [0.2, 0.25) is 5.91 Å². The number of hydrogen-bond acceptors (Lipinski definition) is 4. The molecule has 8 heteroatoms. The molecule has 0 aliphatic heterocycles. The smallest absolute Gasteiger partial charge is 0.370 e. The zero-order valence-corrected chi connectivity index (χ0v) is 12.0. The van der Waals surface area contributed by atoms with Crippen LogP contribution in [0.2, 0.25) is 0 Å². The van der Waals surface area contributed by atoms with Crippen LogP contribution in [0.4, 0.5) is 24.8 Å². The zero-order chi connectivity index (χ0) is 15.9. The van der Waals surface area contributed by atoms with E-state index in [1.807, 2.05) is 0 Å². The van der Waals surface area contributed by atoms with E-state index in [0.29, 0.717) is 13.1 Å². The minimum Gasteiger partial charge on any atom is -0.370 e. The van der Waals surface area contributed by atoms with E-state index in [2.05, 4.69) is 20.9 Å². The van der Waals surface area contributed by atoms with E-state index in [4.69, 9.17) is 0 Å². The third-order valence-electron chi connectivity index (χ3n) is 2.54. The Labute approximate surface area is 121 Å². The summed E-state index contributed by atoms with van der Waals surface area (Å²) in [6, 6.07) is 1.89. The fourth-order valence-electron chi connectivity index (χ4n) is 1.65. The Morgan fingerprint density at radius 1 is 1.14 bits per heavy atom. The molecule has 1 rings (SSSR count). The summed E-state index contributed by atoms with van der Waals surface area (Å²) in [6.45, 7) is 4.76. The van der Waals surface area contributed by atoms with E-state index >= 15 is 0 Å². The van der Waals surface area contributed by atoms with E-state index in [9.17, 15) is 18.0 Å². The third kappa shape index (κ3) is 5.88. The van der Waals surface area contributed by atoms with E-state index in [1.54, 1.807) is 13.8 Å². The monoisotopic (exact) mass is 304 g/mol. The molecule has 0 radical (unpaired) electrons. The largest absolute Gasteiger partial charge is 0.416 e. The Morgan fingerprint density at radius 2 is 1.76 bits per heavy atom. The van der Waals surface area contributed by atoms with Gasteiger partial charge in [-0.15, -0.1) is 0 Å². The van der Waals surface area contributed by atoms with Crippen molar-refractivity contribution in [1.82, 2.24) is 10.3 Å². The highest BCUT2D eigenvalue weighted by atomic mass is 19.4. The lowest BCUT2D eigenvalue weighted by Crippen LogP contribution is -2.25. The molecule has 0 aliphatic carbocycles. The predicted octanol–water partition coefficient (Wildman–Crippen LogP) is 2.47. The molecule has 0 bridgehead atoms. The molecule has 1 aromatic heterocycles. The lowest BCUT2D eigenvalue weighted by Gasteiger charge is -2.13. The van der Waals surface area contributed by atoms with Crippen LogP contribution < -0.4 is 16.0 Å². The number of carbonyl (C=O) groups is 1. The predicted molar refractivity (Wildman–Crippen MR) is 75.2 cm³/mol. The molecule has 1 heterocycles. The maximum absolute atomic E-state index is 12.8. The highest BCUT2D eigenvalue weighted by Crippen LogP contribution is 2.31. The van der Waals surface area contributed by atoms with Gasteiger partial charge >= 0.3 is 6.18 Å². The highest BCUT2D eigenvalue weighted by molar-refractivity contribution is 5.76. The standard InChI is InChI=1S/C13H19F3N4O/c1-3-17-10-7-9(13(14,15)16)8-11(20-10)19-6-5-12(21)18-4-2/h7-8H,3-6H2,1-2H3,(H,18,21)(H2,17,19,20). The Bertz CT molecular complexity index is 477. The normalized spacial score (nSPS) is 11.1. The van der Waals surface area contributed by atoms with Gasteiger partial charge in [0.05, 0.1) is 5.56 Å². The molecule has 0 atom stereocenters. The van der Waals surface area contributed by atoms with Crippen molar-refractivity contribution in [2.24, 2.45) is 0 Å². The van der Waals surface area contributed by atoms with Gasteiger partial charge in [0.15, 0.2) is 0 Å². The van der Waals surface area contributed by atoms with Crippen molar-refractivity contribution < 1.29 is 18.0 Å². The topological polar surface area (TPSA) is 66.1 Å². The van der Waals surface area contributed by atoms with Crippen molar-refractivity contribution >= 4 is 17.5 Å². The van der Waals surface area contributed by atoms with Crippen LogP contribution in [0.1, 0.15) is 25.8 Å². The number of aromatic nitrogens is 1. The molecule has 1 aromatic rings. The number of anilines is 2. The molecule has 1 amide bonds. The molecular formula is C13H19F3N4O. The number of hydrogen-bond donors (Lipinski definition) is 3. The van der Waals surface area contributed by atoms with Gasteiger partial charge in [0, 0.05) is 26.1 Å². The molecule has 0 unspecified atom stereocenters. The summed E-state index contributed by atoms with van der Waals surface area (Å²) in [6.07, 6.45) is -4.27. The minimum atomic E-state index is -4.44. The van der Waals surface area contributed by atoms with Crippen molar-refractivity contribution in [3.63, 3.8) is 0 Å². The first kappa shape index (κ1) is 17.1. The number of halogens is 3. The lowest BCUT2D eigenvalue weighted by molar-refractivity contribution is -0.137. The maximum atomic E-state index is 12.8. The van der Waals surface area contributed by atoms with Crippen LogP contribution in [0, 0.1) is 0 Å². The van der Waals surface area contributed by atoms with Gasteiger partial charge < -0.3 is 16.0 Å². The van der Waals surface area contributed by atoms with Crippen LogP contribution in [0.3, 0.4) is 0 Å². The Kier molecular flexibility index (Phi) is 6.26. The molecule has 0 fully saturated rings. The van der Waals surface area contributed by atoms with Gasteiger partial charge in [-0.05, 0) is 26.0 Å². The van der Waals surface area contributed by atoms with Gasteiger partial charge in [-0.2, -0.15) is 13.2 Å². The van der Waals surface area contributed by atoms with Crippen molar-refractivity contribution in [1.29, 1.82) is 0 Å². The average Bonchev–Trinajstić information content (AvgIpc) is 2.38. The molecule has 0 saturated carbocycles. The van der Waals surface area contributed by atoms with Crippen LogP contribution >= 0.6 is 0 Å². The average molecular weight is 304 g/mol. The number of pyridine rings is 1. The molecule has 3 N–H and O–H groups in total. The Balaban J connectivity index is 2.76. The van der Waals surface area contributed by atoms with E-state index < -0.39 is 11.7 Å². The van der Waals surface area contributed by atoms with Crippen LogP contribution in [-0.4, -0.2) is 30.5 Å². The number of amides is 1. The molecular weight excluding hydrogens is 285 g/mol. The first-order chi connectivity index (χ1) is 9.86. The van der Waals surface area contributed by atoms with Gasteiger partial charge in [-0.3, -0.25) is 4.79 Å². The van der Waals surface area contributed by atoms with Gasteiger partial charge in [0.25, 0.3) is 0 Å². The number of carbonyl (C=O) groups excluding carboxylic acids is 1. The van der Waals surface area contributed by atoms with Crippen molar-refractivity contribution in [3.05, 3.63) is 17.7 Å². The quantitative estimate of drug-likeness (QED) is 0.724. The van der Waals surface area contributed by atoms with Crippen molar-refractivity contribution in [3.8, 4) is 0 Å². The second kappa shape index (κ2) is 7.70. The van der Waals surface area contributed by atoms with E-state index in [1.165, 1.54) is 0 Å². The molecule has 118 valence electrons. The third-order valence-corrected chi connectivity index (χ3v) is 2.54. The van der Waals surface area contributed by atoms with E-state index in [-0.39, 0.29) is 30.5 Å². The van der Waals surface area contributed by atoms with Crippen molar-refractivity contribution in [2.75, 3.05) is 30.3 Å². The summed E-state index contributed by atoms with van der Waals surface area (Å²) in [7, 11) is 0. The second-order valence-corrected chi connectivity index (χ2v) is 4.28. The van der Waals surface area contributed by atoms with Crippen LogP contribution in [0.15, 0.2) is 12.1 Å². The van der Waals surface area contributed by atoms with Crippen molar-refractivity contribution in [2.45, 2.75) is 26.4 Å². The fraction of sp³-hybridized carbons (Fsp3) is 0.538. The van der Waals surface area contributed by atoms with Gasteiger partial charge in [-0.25, -0.2) is 4.98 Å². The number of rotatable bonds is 7. The summed E-state index contributed by atoms with van der Waals surface area (Å²) in [5.74, 6) is 0.0711. The highest BCUT2D eigenvalue weighted by Gasteiger charge is 2.31. The molecule has 21 heavy (non-hydrogen) atoms. The molecule has 0 saturated heterocycles. The Morgan fingerprint density at radius 3 is 2.29 bits per heavy atom. The SMILES string of the molecule is CCNC(=O)CCNc1cc(C(F)(F)F)cc(NCC)n1. The molecule has 0 aromatic carbocycles. The lowest BCUT2D eigenvalue weighted by atomic mass is 10.2. The van der Waals surface area contributed by atoms with E-state index in [0.717, 1.165) is 12.1 Å². The maximum Gasteiger partial charge on any atom is 0.416 e. The summed E-state index contributed by atoms with van der Waals surface area (Å²) < 4.78 is 38.4. The molecule has 0 spiro atoms. The van der Waals surface area contributed by atoms with Gasteiger partial charge in [-0.1, -0.05) is 0 Å². The second-order valence-electron chi connectivity index (χ2n) is 4.28. The summed E-state index contributed by atoms with van der Waals surface area (Å²) in [4.78, 5) is 15.3. The number of nitrogens with one attached hydrogen (secondary N) is 3.